The van der Waals surface area contributed by atoms with Crippen molar-refractivity contribution in [2.24, 2.45) is 10.7 Å². The summed E-state index contributed by atoms with van der Waals surface area (Å²) in [4.78, 5) is 8.95. The van der Waals surface area contributed by atoms with Gasteiger partial charge in [-0.25, -0.2) is 9.98 Å². The van der Waals surface area contributed by atoms with Crippen molar-refractivity contribution < 1.29 is 19.3 Å². The first-order valence-electron chi connectivity index (χ1n) is 8.41. The number of hydrogen-bond donors (Lipinski definition) is 2. The van der Waals surface area contributed by atoms with Crippen LogP contribution in [-0.4, -0.2) is 35.4 Å². The van der Waals surface area contributed by atoms with E-state index in [4.69, 9.17) is 19.9 Å². The summed E-state index contributed by atoms with van der Waals surface area (Å²) in [5.74, 6) is 7.20. The number of rotatable bonds is 1. The number of phenols is 1. The monoisotopic (exact) mass is 365 g/mol. The predicted octanol–water partition coefficient (Wildman–Crippen LogP) is 2.26. The average molecular weight is 365 g/mol. The lowest BCUT2D eigenvalue weighted by molar-refractivity contribution is 0.0742. The highest BCUT2D eigenvalue weighted by Crippen LogP contribution is 2.50. The van der Waals surface area contributed by atoms with Crippen LogP contribution >= 0.6 is 0 Å². The van der Waals surface area contributed by atoms with Crippen molar-refractivity contribution in [3.05, 3.63) is 47.2 Å². The van der Waals surface area contributed by atoms with Crippen LogP contribution < -0.4 is 10.5 Å². The molecule has 7 heteroatoms. The van der Waals surface area contributed by atoms with Gasteiger partial charge < -0.3 is 25.1 Å². The lowest BCUT2D eigenvalue weighted by atomic mass is 9.82. The van der Waals surface area contributed by atoms with E-state index >= 15 is 0 Å². The molecule has 1 spiro atoms. The Morgan fingerprint density at radius 3 is 2.81 bits per heavy atom. The van der Waals surface area contributed by atoms with Crippen molar-refractivity contribution in [1.29, 1.82) is 0 Å². The molecule has 1 aromatic carbocycles. The van der Waals surface area contributed by atoms with Gasteiger partial charge in [0, 0.05) is 24.4 Å². The van der Waals surface area contributed by atoms with Crippen LogP contribution in [0.15, 0.2) is 35.5 Å². The molecule has 2 aliphatic heterocycles. The van der Waals surface area contributed by atoms with Gasteiger partial charge in [0.25, 0.3) is 6.02 Å². The molecule has 0 radical (unpaired) electrons. The number of nitrogens with two attached hydrogens (primary N) is 1. The first-order valence-corrected chi connectivity index (χ1v) is 8.41. The number of nitrogens with zero attached hydrogens (tertiary/aromatic N) is 2. The second kappa shape index (κ2) is 5.89. The molecule has 0 saturated heterocycles. The van der Waals surface area contributed by atoms with E-state index in [1.165, 1.54) is 0 Å². The molecule has 138 valence electrons. The molecule has 2 aromatic rings. The zero-order valence-electron chi connectivity index (χ0n) is 15.2. The van der Waals surface area contributed by atoms with Gasteiger partial charge in [0.15, 0.2) is 5.54 Å². The van der Waals surface area contributed by atoms with Gasteiger partial charge in [0.1, 0.15) is 23.7 Å². The number of fused-ring (bicyclic) bond motifs is 4. The molecule has 0 aliphatic carbocycles. The summed E-state index contributed by atoms with van der Waals surface area (Å²) in [5.41, 5.74) is 6.34. The smallest absolute Gasteiger partial charge is 0.283 e. The molecule has 3 N–H and O–H groups in total. The van der Waals surface area contributed by atoms with E-state index in [1.807, 2.05) is 19.9 Å². The van der Waals surface area contributed by atoms with Gasteiger partial charge in [-0.15, -0.1) is 0 Å². The maximum atomic E-state index is 9.97. The van der Waals surface area contributed by atoms with Crippen LogP contribution in [0, 0.1) is 11.8 Å². The molecule has 7 nitrogen and oxygen atoms in total. The first-order chi connectivity index (χ1) is 12.8. The minimum Gasteiger partial charge on any atom is -0.508 e. The van der Waals surface area contributed by atoms with Crippen molar-refractivity contribution in [2.45, 2.75) is 25.0 Å². The second-order valence-electron chi connectivity index (χ2n) is 6.92. The molecular weight excluding hydrogens is 346 g/mol. The fraction of sp³-hybridized carbons (Fsp3) is 0.300. The zero-order valence-corrected chi connectivity index (χ0v) is 15.2. The van der Waals surface area contributed by atoms with Crippen LogP contribution in [0.1, 0.15) is 30.5 Å². The van der Waals surface area contributed by atoms with Crippen molar-refractivity contribution in [1.82, 2.24) is 4.98 Å². The Bertz CT molecular complexity index is 1020. The lowest BCUT2D eigenvalue weighted by Gasteiger charge is -2.32. The fourth-order valence-corrected chi connectivity index (χ4v) is 3.06. The molecule has 0 saturated carbocycles. The van der Waals surface area contributed by atoms with Crippen LogP contribution in [0.4, 0.5) is 0 Å². The predicted molar refractivity (Wildman–Crippen MR) is 98.7 cm³/mol. The maximum Gasteiger partial charge on any atom is 0.283 e. The Morgan fingerprint density at radius 2 is 2.11 bits per heavy atom. The van der Waals surface area contributed by atoms with Gasteiger partial charge in [0.05, 0.1) is 5.56 Å². The number of amidine groups is 1. The van der Waals surface area contributed by atoms with E-state index in [0.717, 1.165) is 0 Å². The number of phenolic OH excluding ortho intramolecular Hbond substituents is 1. The quantitative estimate of drug-likeness (QED) is 0.752. The van der Waals surface area contributed by atoms with Crippen LogP contribution in [-0.2, 0) is 15.0 Å². The summed E-state index contributed by atoms with van der Waals surface area (Å²) in [5, 5.41) is 9.97. The van der Waals surface area contributed by atoms with Gasteiger partial charge in [-0.2, -0.15) is 0 Å². The zero-order chi connectivity index (χ0) is 19.2. The van der Waals surface area contributed by atoms with E-state index in [-0.39, 0.29) is 18.4 Å². The van der Waals surface area contributed by atoms with Crippen molar-refractivity contribution in [3.63, 3.8) is 0 Å². The molecule has 0 bridgehead atoms. The minimum atomic E-state index is -0.937. The molecule has 1 atom stereocenters. The number of aromatic nitrogens is 1. The number of aliphatic imine (C=N–C) groups is 1. The summed E-state index contributed by atoms with van der Waals surface area (Å²) in [7, 11) is 1.61. The second-order valence-corrected chi connectivity index (χ2v) is 6.92. The Morgan fingerprint density at radius 1 is 1.30 bits per heavy atom. The number of pyridine rings is 1. The van der Waals surface area contributed by atoms with E-state index in [0.29, 0.717) is 28.3 Å². The Balaban J connectivity index is 1.88. The van der Waals surface area contributed by atoms with Gasteiger partial charge in [-0.05, 0) is 38.1 Å². The normalized spacial score (nSPS) is 19.9. The molecule has 27 heavy (non-hydrogen) atoms. The molecule has 4 rings (SSSR count). The minimum absolute atomic E-state index is 0.0779. The summed E-state index contributed by atoms with van der Waals surface area (Å²) in [6.07, 6.45) is 1.64. The Labute approximate surface area is 156 Å². The highest BCUT2D eigenvalue weighted by Gasteiger charge is 2.47. The van der Waals surface area contributed by atoms with Crippen LogP contribution in [0.2, 0.25) is 0 Å². The molecule has 3 heterocycles. The third kappa shape index (κ3) is 2.84. The average Bonchev–Trinajstić information content (AvgIpc) is 3.04. The van der Waals surface area contributed by atoms with Crippen molar-refractivity contribution in [3.8, 4) is 29.2 Å². The Kier molecular flexibility index (Phi) is 3.75. The molecule has 1 aromatic heterocycles. The molecule has 0 amide bonds. The van der Waals surface area contributed by atoms with E-state index < -0.39 is 11.1 Å². The lowest BCUT2D eigenvalue weighted by Crippen LogP contribution is -2.31. The number of aromatic hydroxyl groups is 1. The Hall–Kier alpha value is -3.24. The molecule has 2 aliphatic rings. The van der Waals surface area contributed by atoms with Crippen molar-refractivity contribution in [2.75, 3.05) is 13.7 Å². The van der Waals surface area contributed by atoms with Gasteiger partial charge in [-0.1, -0.05) is 11.8 Å². The molecular formula is C20H19N3O4. The first kappa shape index (κ1) is 17.2. The molecule has 0 unspecified atom stereocenters. The summed E-state index contributed by atoms with van der Waals surface area (Å²) < 4.78 is 16.7. The fourth-order valence-electron chi connectivity index (χ4n) is 3.06. The highest BCUT2D eigenvalue weighted by molar-refractivity contribution is 5.76. The third-order valence-corrected chi connectivity index (χ3v) is 4.66. The standard InChI is InChI=1S/C20H19N3O4/c1-19(2,25-3)7-6-12-8-15-17(22-10-12)27-16-5-4-13(24)9-14(16)20(15)11-26-18(21)23-20/h4-5,8-10,24H,11H2,1-3H3,(H2,21,23)/t20-/m1/s1. The third-order valence-electron chi connectivity index (χ3n) is 4.66. The van der Waals surface area contributed by atoms with E-state index in [2.05, 4.69) is 21.8 Å². The van der Waals surface area contributed by atoms with E-state index in [1.54, 1.807) is 31.5 Å². The number of methoxy groups -OCH3 is 1. The summed E-state index contributed by atoms with van der Waals surface area (Å²) in [6.45, 7) is 3.95. The maximum absolute atomic E-state index is 9.97. The van der Waals surface area contributed by atoms with Gasteiger partial charge in [0.2, 0.25) is 5.88 Å². The topological polar surface area (TPSA) is 99.2 Å². The SMILES string of the molecule is COC(C)(C)C#Cc1cnc2c(c1)[C@@]1(COC(N)=N1)c1cc(O)ccc1O2. The van der Waals surface area contributed by atoms with E-state index in [9.17, 15) is 5.11 Å². The number of ether oxygens (including phenoxy) is 3. The summed E-state index contributed by atoms with van der Waals surface area (Å²) in [6, 6.07) is 6.77. The van der Waals surface area contributed by atoms with Crippen LogP contribution in [0.25, 0.3) is 0 Å². The molecule has 0 fully saturated rings. The van der Waals surface area contributed by atoms with Crippen molar-refractivity contribution >= 4 is 6.02 Å². The van der Waals surface area contributed by atoms with Crippen LogP contribution in [0.5, 0.6) is 17.4 Å². The highest BCUT2D eigenvalue weighted by atomic mass is 16.5. The largest absolute Gasteiger partial charge is 0.508 e. The van der Waals surface area contributed by atoms with Crippen LogP contribution in [0.3, 0.4) is 0 Å². The number of hydrogen-bond acceptors (Lipinski definition) is 7. The van der Waals surface area contributed by atoms with Gasteiger partial charge >= 0.3 is 0 Å². The number of benzene rings is 1. The summed E-state index contributed by atoms with van der Waals surface area (Å²) >= 11 is 0. The van der Waals surface area contributed by atoms with Gasteiger partial charge in [-0.3, -0.25) is 0 Å².